The van der Waals surface area contributed by atoms with Gasteiger partial charge in [0.25, 0.3) is 5.91 Å². The molecule has 0 spiro atoms. The van der Waals surface area contributed by atoms with E-state index in [1.54, 1.807) is 10.9 Å². The van der Waals surface area contributed by atoms with Gasteiger partial charge in [0.15, 0.2) is 0 Å². The normalized spacial score (nSPS) is 18.7. The van der Waals surface area contributed by atoms with Gasteiger partial charge in [0.2, 0.25) is 0 Å². The van der Waals surface area contributed by atoms with Crippen LogP contribution in [0.1, 0.15) is 34.8 Å². The number of aryl methyl sites for hydroxylation is 1. The third-order valence-corrected chi connectivity index (χ3v) is 5.47. The molecular weight excluding hydrogens is 400 g/mol. The van der Waals surface area contributed by atoms with Crippen LogP contribution in [0.3, 0.4) is 0 Å². The van der Waals surface area contributed by atoms with Gasteiger partial charge >= 0.3 is 0 Å². The van der Waals surface area contributed by atoms with Gasteiger partial charge in [0.1, 0.15) is 11.2 Å². The average Bonchev–Trinajstić information content (AvgIpc) is 3.36. The fourth-order valence-electron chi connectivity index (χ4n) is 3.45. The van der Waals surface area contributed by atoms with Crippen LogP contribution in [-0.4, -0.2) is 27.9 Å². The summed E-state index contributed by atoms with van der Waals surface area (Å²) in [6, 6.07) is 19.7. The Bertz CT molecular complexity index is 1030. The quantitative estimate of drug-likeness (QED) is 0.421. The molecule has 1 amide bonds. The van der Waals surface area contributed by atoms with E-state index in [0.717, 1.165) is 16.8 Å². The first kappa shape index (κ1) is 20.3. The molecule has 1 aliphatic rings. The zero-order valence-corrected chi connectivity index (χ0v) is 17.3. The molecule has 7 nitrogen and oxygen atoms in total. The smallest absolute Gasteiger partial charge is 0.258 e. The third-order valence-electron chi connectivity index (χ3n) is 5.07. The summed E-state index contributed by atoms with van der Waals surface area (Å²) in [7, 11) is 0. The maximum atomic E-state index is 12.4. The number of benzene rings is 2. The summed E-state index contributed by atoms with van der Waals surface area (Å²) in [4.78, 5) is 12.4. The molecular formula is C22H23ClN6O. The average molecular weight is 423 g/mol. The highest BCUT2D eigenvalue weighted by Gasteiger charge is 2.29. The molecule has 3 aromatic rings. The van der Waals surface area contributed by atoms with Crippen LogP contribution >= 0.6 is 11.6 Å². The van der Waals surface area contributed by atoms with Crippen molar-refractivity contribution in [3.63, 3.8) is 0 Å². The van der Waals surface area contributed by atoms with Crippen LogP contribution in [-0.2, 0) is 11.3 Å². The molecule has 0 saturated carbocycles. The van der Waals surface area contributed by atoms with Gasteiger partial charge in [-0.3, -0.25) is 4.79 Å². The lowest BCUT2D eigenvalue weighted by Crippen LogP contribution is -2.41. The summed E-state index contributed by atoms with van der Waals surface area (Å²) < 4.78 is 1.72. The van der Waals surface area contributed by atoms with Crippen molar-refractivity contribution in [1.82, 2.24) is 26.1 Å². The number of hydrazone groups is 1. The second-order valence-electron chi connectivity index (χ2n) is 7.21. The number of carbonyl (C=O) groups excluding carboxylic acids is 1. The molecule has 1 fully saturated rings. The number of rotatable bonds is 6. The van der Waals surface area contributed by atoms with Crippen molar-refractivity contribution in [1.29, 1.82) is 0 Å². The van der Waals surface area contributed by atoms with E-state index in [0.29, 0.717) is 23.7 Å². The second-order valence-corrected chi connectivity index (χ2v) is 7.57. The van der Waals surface area contributed by atoms with E-state index in [4.69, 9.17) is 11.6 Å². The molecule has 8 heteroatoms. The lowest BCUT2D eigenvalue weighted by atomic mass is 10.0. The summed E-state index contributed by atoms with van der Waals surface area (Å²) in [6.45, 7) is 2.43. The molecule has 0 aliphatic carbocycles. The van der Waals surface area contributed by atoms with Crippen LogP contribution in [0.4, 0.5) is 0 Å². The van der Waals surface area contributed by atoms with E-state index in [1.807, 2.05) is 67.6 Å². The maximum Gasteiger partial charge on any atom is 0.258 e. The molecule has 0 radical (unpaired) electrons. The summed E-state index contributed by atoms with van der Waals surface area (Å²) in [5.41, 5.74) is 12.5. The zero-order chi connectivity index (χ0) is 20.9. The predicted octanol–water partition coefficient (Wildman–Crippen LogP) is 2.95. The fraction of sp³-hybridized carbons (Fsp3) is 0.227. The van der Waals surface area contributed by atoms with Crippen molar-refractivity contribution < 1.29 is 4.79 Å². The van der Waals surface area contributed by atoms with Gasteiger partial charge in [0.05, 0.1) is 24.0 Å². The number of amides is 1. The first-order chi connectivity index (χ1) is 14.6. The van der Waals surface area contributed by atoms with E-state index < -0.39 is 0 Å². The minimum atomic E-state index is -0.371. The number of hydrazine groups is 1. The number of aromatic nitrogens is 2. The first-order valence-electron chi connectivity index (χ1n) is 9.77. The Morgan fingerprint density at radius 1 is 1.20 bits per heavy atom. The molecule has 2 aromatic carbocycles. The van der Waals surface area contributed by atoms with Crippen molar-refractivity contribution in [2.75, 3.05) is 0 Å². The van der Waals surface area contributed by atoms with Gasteiger partial charge in [-0.05, 0) is 24.5 Å². The Morgan fingerprint density at radius 3 is 2.63 bits per heavy atom. The van der Waals surface area contributed by atoms with Crippen LogP contribution in [0.15, 0.2) is 65.8 Å². The summed E-state index contributed by atoms with van der Waals surface area (Å²) in [5, 5.41) is 9.06. The van der Waals surface area contributed by atoms with E-state index in [9.17, 15) is 4.79 Å². The molecule has 2 atom stereocenters. The van der Waals surface area contributed by atoms with Crippen molar-refractivity contribution >= 4 is 23.7 Å². The fourth-order valence-corrected chi connectivity index (χ4v) is 3.73. The van der Waals surface area contributed by atoms with Crippen LogP contribution in [0.5, 0.6) is 0 Å². The molecule has 30 heavy (non-hydrogen) atoms. The van der Waals surface area contributed by atoms with Gasteiger partial charge < -0.3 is 0 Å². The standard InChI is InChI=1S/C22H23ClN6O/c1-15-18(21(23)29(28-15)14-16-8-4-2-5-9-16)13-24-27-22(30)20-12-19(25-26-20)17-10-6-3-7-11-17/h2-11,13,19-20,25-26H,12,14H2,1H3,(H,27,30)/b24-13+. The Labute approximate surface area is 180 Å². The first-order valence-corrected chi connectivity index (χ1v) is 10.2. The third kappa shape index (κ3) is 4.59. The number of nitrogens with zero attached hydrogens (tertiary/aromatic N) is 3. The number of carbonyl (C=O) groups is 1. The summed E-state index contributed by atoms with van der Waals surface area (Å²) in [5.74, 6) is -0.206. The van der Waals surface area contributed by atoms with Gasteiger partial charge in [0, 0.05) is 6.04 Å². The Morgan fingerprint density at radius 2 is 1.90 bits per heavy atom. The molecule has 1 saturated heterocycles. The van der Waals surface area contributed by atoms with Crippen LogP contribution in [0, 0.1) is 6.92 Å². The lowest BCUT2D eigenvalue weighted by molar-refractivity contribution is -0.122. The summed E-state index contributed by atoms with van der Waals surface area (Å²) >= 11 is 6.48. The van der Waals surface area contributed by atoms with E-state index >= 15 is 0 Å². The molecule has 2 heterocycles. The SMILES string of the molecule is Cc1nn(Cc2ccccc2)c(Cl)c1/C=N/NC(=O)C1CC(c2ccccc2)NN1. The van der Waals surface area contributed by atoms with Gasteiger partial charge in [-0.25, -0.2) is 21.0 Å². The van der Waals surface area contributed by atoms with Crippen LogP contribution in [0.2, 0.25) is 5.15 Å². The Kier molecular flexibility index (Phi) is 6.23. The highest BCUT2D eigenvalue weighted by Crippen LogP contribution is 2.22. The summed E-state index contributed by atoms with van der Waals surface area (Å²) in [6.07, 6.45) is 2.18. The Balaban J connectivity index is 1.36. The van der Waals surface area contributed by atoms with Crippen LogP contribution in [0.25, 0.3) is 0 Å². The van der Waals surface area contributed by atoms with E-state index in [2.05, 4.69) is 26.5 Å². The molecule has 4 rings (SSSR count). The van der Waals surface area contributed by atoms with Crippen LogP contribution < -0.4 is 16.3 Å². The highest BCUT2D eigenvalue weighted by atomic mass is 35.5. The van der Waals surface area contributed by atoms with E-state index in [1.165, 1.54) is 0 Å². The molecule has 1 aliphatic heterocycles. The number of hydrogen-bond acceptors (Lipinski definition) is 5. The molecule has 3 N–H and O–H groups in total. The number of hydrogen-bond donors (Lipinski definition) is 3. The van der Waals surface area contributed by atoms with Crippen molar-refractivity contribution in [2.24, 2.45) is 5.10 Å². The monoisotopic (exact) mass is 422 g/mol. The van der Waals surface area contributed by atoms with Gasteiger partial charge in [-0.1, -0.05) is 72.3 Å². The minimum absolute atomic E-state index is 0.0823. The highest BCUT2D eigenvalue weighted by molar-refractivity contribution is 6.32. The number of halogens is 1. The van der Waals surface area contributed by atoms with Gasteiger partial charge in [-0.15, -0.1) is 0 Å². The molecule has 0 bridgehead atoms. The molecule has 2 unspecified atom stereocenters. The number of nitrogens with one attached hydrogen (secondary N) is 3. The van der Waals surface area contributed by atoms with Gasteiger partial charge in [-0.2, -0.15) is 10.2 Å². The van der Waals surface area contributed by atoms with Crippen molar-refractivity contribution in [3.8, 4) is 0 Å². The maximum absolute atomic E-state index is 12.4. The lowest BCUT2D eigenvalue weighted by Gasteiger charge is -2.08. The van der Waals surface area contributed by atoms with Crippen molar-refractivity contribution in [2.45, 2.75) is 32.0 Å². The molecule has 1 aromatic heterocycles. The van der Waals surface area contributed by atoms with Crippen molar-refractivity contribution in [3.05, 3.63) is 88.2 Å². The minimum Gasteiger partial charge on any atom is -0.271 e. The van der Waals surface area contributed by atoms with E-state index in [-0.39, 0.29) is 18.0 Å². The second kappa shape index (κ2) is 9.21. The topological polar surface area (TPSA) is 83.3 Å². The Hall–Kier alpha value is -3.00. The molecule has 154 valence electrons. The predicted molar refractivity (Wildman–Crippen MR) is 117 cm³/mol. The largest absolute Gasteiger partial charge is 0.271 e. The zero-order valence-electron chi connectivity index (χ0n) is 16.5.